The molecule has 8 heteroatoms. The first-order chi connectivity index (χ1) is 14.3. The van der Waals surface area contributed by atoms with Crippen LogP contribution in [0.1, 0.15) is 18.4 Å². The summed E-state index contributed by atoms with van der Waals surface area (Å²) in [6.45, 7) is 4.85. The van der Waals surface area contributed by atoms with Gasteiger partial charge in [-0.05, 0) is 5.56 Å². The standard InChI is InChI=1S/C21H31NO7/c23-20(6-7-21(24)29-18-19-4-2-1-3-5-19)22-8-10-25-12-14-27-16-17-28-15-13-26-11-9-22/h1-5H,6-18H2. The van der Waals surface area contributed by atoms with Gasteiger partial charge in [0.1, 0.15) is 6.61 Å². The van der Waals surface area contributed by atoms with Crippen LogP contribution in [0.4, 0.5) is 0 Å². The molecule has 1 saturated heterocycles. The number of benzene rings is 1. The minimum atomic E-state index is -0.387. The molecular weight excluding hydrogens is 378 g/mol. The minimum Gasteiger partial charge on any atom is -0.461 e. The number of carbonyl (C=O) groups excluding carboxylic acids is 2. The van der Waals surface area contributed by atoms with Crippen molar-refractivity contribution in [3.8, 4) is 0 Å². The zero-order valence-corrected chi connectivity index (χ0v) is 16.9. The number of esters is 1. The predicted molar refractivity (Wildman–Crippen MR) is 105 cm³/mol. The fourth-order valence-corrected chi connectivity index (χ4v) is 2.65. The summed E-state index contributed by atoms with van der Waals surface area (Å²) in [5.74, 6) is -0.506. The van der Waals surface area contributed by atoms with Crippen LogP contribution in [0.2, 0.25) is 0 Å². The molecule has 8 nitrogen and oxygen atoms in total. The highest BCUT2D eigenvalue weighted by Crippen LogP contribution is 2.05. The maximum Gasteiger partial charge on any atom is 0.306 e. The molecule has 0 N–H and O–H groups in total. The highest BCUT2D eigenvalue weighted by Gasteiger charge is 2.16. The van der Waals surface area contributed by atoms with Crippen molar-refractivity contribution in [1.82, 2.24) is 4.90 Å². The Kier molecular flexibility index (Phi) is 12.0. The van der Waals surface area contributed by atoms with Crippen molar-refractivity contribution in [2.45, 2.75) is 19.4 Å². The van der Waals surface area contributed by atoms with Crippen molar-refractivity contribution >= 4 is 11.9 Å². The van der Waals surface area contributed by atoms with Crippen LogP contribution in [0.5, 0.6) is 0 Å². The summed E-state index contributed by atoms with van der Waals surface area (Å²) in [4.78, 5) is 26.1. The molecule has 29 heavy (non-hydrogen) atoms. The quantitative estimate of drug-likeness (QED) is 0.680. The van der Waals surface area contributed by atoms with E-state index in [1.807, 2.05) is 30.3 Å². The van der Waals surface area contributed by atoms with Gasteiger partial charge in [-0.1, -0.05) is 30.3 Å². The third-order valence-corrected chi connectivity index (χ3v) is 4.27. The fraction of sp³-hybridized carbons (Fsp3) is 0.619. The van der Waals surface area contributed by atoms with Gasteiger partial charge in [-0.3, -0.25) is 9.59 Å². The van der Waals surface area contributed by atoms with Gasteiger partial charge in [-0.15, -0.1) is 0 Å². The van der Waals surface area contributed by atoms with Crippen LogP contribution in [0.25, 0.3) is 0 Å². The van der Waals surface area contributed by atoms with Crippen LogP contribution in [0.15, 0.2) is 30.3 Å². The monoisotopic (exact) mass is 409 g/mol. The van der Waals surface area contributed by atoms with E-state index in [2.05, 4.69) is 0 Å². The average Bonchev–Trinajstić information content (AvgIpc) is 2.76. The Labute approximate surface area is 172 Å². The van der Waals surface area contributed by atoms with Crippen molar-refractivity contribution in [3.05, 3.63) is 35.9 Å². The van der Waals surface area contributed by atoms with Crippen molar-refractivity contribution in [2.75, 3.05) is 65.9 Å². The molecule has 1 amide bonds. The van der Waals surface area contributed by atoms with Gasteiger partial charge in [-0.25, -0.2) is 0 Å². The number of carbonyl (C=O) groups is 2. The molecule has 1 aliphatic heterocycles. The SMILES string of the molecule is O=C(CCC(=O)N1CCOCCOCCOCCOCC1)OCc1ccccc1. The Hall–Kier alpha value is -2.00. The summed E-state index contributed by atoms with van der Waals surface area (Å²) in [5.41, 5.74) is 0.917. The Balaban J connectivity index is 1.71. The molecule has 0 aliphatic carbocycles. The molecule has 0 radical (unpaired) electrons. The van der Waals surface area contributed by atoms with Gasteiger partial charge in [0.05, 0.1) is 59.3 Å². The Morgan fingerprint density at radius 2 is 1.28 bits per heavy atom. The molecule has 0 saturated carbocycles. The van der Waals surface area contributed by atoms with E-state index in [-0.39, 0.29) is 31.3 Å². The van der Waals surface area contributed by atoms with Crippen LogP contribution >= 0.6 is 0 Å². The lowest BCUT2D eigenvalue weighted by atomic mass is 10.2. The number of hydrogen-bond donors (Lipinski definition) is 0. The van der Waals surface area contributed by atoms with Gasteiger partial charge in [-0.2, -0.15) is 0 Å². The van der Waals surface area contributed by atoms with Crippen molar-refractivity contribution in [1.29, 1.82) is 0 Å². The molecule has 0 unspecified atom stereocenters. The highest BCUT2D eigenvalue weighted by molar-refractivity contribution is 5.81. The van der Waals surface area contributed by atoms with Gasteiger partial charge in [0.2, 0.25) is 5.91 Å². The summed E-state index contributed by atoms with van der Waals surface area (Å²) >= 11 is 0. The molecule has 1 heterocycles. The molecule has 1 aliphatic rings. The van der Waals surface area contributed by atoms with Crippen LogP contribution < -0.4 is 0 Å². The van der Waals surface area contributed by atoms with Gasteiger partial charge in [0.15, 0.2) is 0 Å². The molecular formula is C21H31NO7. The lowest BCUT2D eigenvalue weighted by Crippen LogP contribution is -2.37. The second-order valence-corrected chi connectivity index (χ2v) is 6.48. The van der Waals surface area contributed by atoms with E-state index in [0.29, 0.717) is 65.9 Å². The first kappa shape index (κ1) is 23.3. The predicted octanol–water partition coefficient (Wildman–Crippen LogP) is 1.42. The van der Waals surface area contributed by atoms with Gasteiger partial charge in [0, 0.05) is 19.5 Å². The lowest BCUT2D eigenvalue weighted by Gasteiger charge is -2.22. The average molecular weight is 409 g/mol. The molecule has 0 aromatic heterocycles. The number of nitrogens with zero attached hydrogens (tertiary/aromatic N) is 1. The van der Waals surface area contributed by atoms with Crippen LogP contribution in [-0.2, 0) is 39.9 Å². The number of amides is 1. The molecule has 162 valence electrons. The van der Waals surface area contributed by atoms with Gasteiger partial charge < -0.3 is 28.6 Å². The first-order valence-corrected chi connectivity index (χ1v) is 10.0. The zero-order valence-electron chi connectivity index (χ0n) is 16.9. The van der Waals surface area contributed by atoms with E-state index in [1.54, 1.807) is 4.90 Å². The maximum atomic E-state index is 12.5. The highest BCUT2D eigenvalue weighted by atomic mass is 16.6. The molecule has 0 atom stereocenters. The molecule has 2 rings (SSSR count). The molecule has 1 aromatic rings. The largest absolute Gasteiger partial charge is 0.461 e. The van der Waals surface area contributed by atoms with Crippen molar-refractivity contribution < 1.29 is 33.3 Å². The second-order valence-electron chi connectivity index (χ2n) is 6.48. The fourth-order valence-electron chi connectivity index (χ4n) is 2.65. The molecule has 1 fully saturated rings. The third-order valence-electron chi connectivity index (χ3n) is 4.27. The van der Waals surface area contributed by atoms with Gasteiger partial charge >= 0.3 is 5.97 Å². The Morgan fingerprint density at radius 1 is 0.759 bits per heavy atom. The van der Waals surface area contributed by atoms with E-state index in [0.717, 1.165) is 5.56 Å². The Bertz CT molecular complexity index is 566. The summed E-state index contributed by atoms with van der Waals surface area (Å²) in [5, 5.41) is 0. The van der Waals surface area contributed by atoms with Crippen LogP contribution in [-0.4, -0.2) is 82.7 Å². The van der Waals surface area contributed by atoms with E-state index < -0.39 is 0 Å². The number of rotatable bonds is 5. The van der Waals surface area contributed by atoms with E-state index in [4.69, 9.17) is 23.7 Å². The Morgan fingerprint density at radius 3 is 1.83 bits per heavy atom. The van der Waals surface area contributed by atoms with Crippen molar-refractivity contribution in [2.24, 2.45) is 0 Å². The molecule has 0 bridgehead atoms. The topological polar surface area (TPSA) is 83.5 Å². The van der Waals surface area contributed by atoms with E-state index in [1.165, 1.54) is 0 Å². The third kappa shape index (κ3) is 10.9. The maximum absolute atomic E-state index is 12.5. The second kappa shape index (κ2) is 14.9. The van der Waals surface area contributed by atoms with Gasteiger partial charge in [0.25, 0.3) is 0 Å². The number of hydrogen-bond acceptors (Lipinski definition) is 7. The molecule has 0 spiro atoms. The van der Waals surface area contributed by atoms with E-state index in [9.17, 15) is 9.59 Å². The summed E-state index contributed by atoms with van der Waals surface area (Å²) in [7, 11) is 0. The molecule has 1 aromatic carbocycles. The van der Waals surface area contributed by atoms with Crippen molar-refractivity contribution in [3.63, 3.8) is 0 Å². The minimum absolute atomic E-state index is 0.0472. The summed E-state index contributed by atoms with van der Waals surface area (Å²) in [6.07, 6.45) is 0.144. The summed E-state index contributed by atoms with van der Waals surface area (Å²) < 4.78 is 27.0. The normalized spacial score (nSPS) is 17.7. The summed E-state index contributed by atoms with van der Waals surface area (Å²) in [6, 6.07) is 9.45. The first-order valence-electron chi connectivity index (χ1n) is 10.0. The lowest BCUT2D eigenvalue weighted by molar-refractivity contribution is -0.147. The van der Waals surface area contributed by atoms with Crippen LogP contribution in [0.3, 0.4) is 0 Å². The van der Waals surface area contributed by atoms with Crippen LogP contribution in [0, 0.1) is 0 Å². The number of ether oxygens (including phenoxy) is 5. The smallest absolute Gasteiger partial charge is 0.306 e. The zero-order chi connectivity index (χ0) is 20.6. The van der Waals surface area contributed by atoms with E-state index >= 15 is 0 Å².